The number of carbonyl (C=O) groups excluding carboxylic acids is 1. The number of ether oxygens (including phenoxy) is 1. The van der Waals surface area contributed by atoms with Crippen LogP contribution in [-0.2, 0) is 0 Å². The van der Waals surface area contributed by atoms with Crippen LogP contribution < -0.4 is 10.5 Å². The molecule has 7 heteroatoms. The van der Waals surface area contributed by atoms with Crippen LogP contribution in [0.1, 0.15) is 34.8 Å². The molecule has 3 N–H and O–H groups in total. The topological polar surface area (TPSA) is 88.7 Å². The maximum absolute atomic E-state index is 12.2. The van der Waals surface area contributed by atoms with E-state index in [9.17, 15) is 4.79 Å². The Bertz CT molecular complexity index is 1070. The molecule has 0 spiro atoms. The number of carbonyl (C=O) groups is 1. The summed E-state index contributed by atoms with van der Waals surface area (Å²) in [7, 11) is 1.62. The van der Waals surface area contributed by atoms with Crippen molar-refractivity contribution in [3.05, 3.63) is 66.7 Å². The first-order chi connectivity index (χ1) is 14.0. The van der Waals surface area contributed by atoms with E-state index in [2.05, 4.69) is 28.1 Å². The number of nitrogens with two attached hydrogens (primary N) is 1. The summed E-state index contributed by atoms with van der Waals surface area (Å²) in [5, 5.41) is 3.36. The van der Waals surface area contributed by atoms with Crippen molar-refractivity contribution in [2.75, 3.05) is 20.2 Å². The molecular weight excluding hydrogens is 366 g/mol. The maximum Gasteiger partial charge on any atom is 0.254 e. The Morgan fingerprint density at radius 3 is 2.59 bits per heavy atom. The average molecular weight is 391 g/mol. The minimum atomic E-state index is -0.503. The van der Waals surface area contributed by atoms with Gasteiger partial charge in [0.25, 0.3) is 5.91 Å². The standard InChI is InChI=1S/C22H25N5O2/c1-4-14(2)26-11-9-15(10-12-26)18-13-24-22-19(21(23)28)20(25-27(18)22)16-5-7-17(29-3)8-6-16/h4-8,13,15,25H,1-2,9-12H2,3H3,(H2,23,28). The molecule has 1 amide bonds. The van der Waals surface area contributed by atoms with Gasteiger partial charge < -0.3 is 15.4 Å². The molecule has 1 aromatic carbocycles. The van der Waals surface area contributed by atoms with Crippen LogP contribution >= 0.6 is 0 Å². The molecule has 0 saturated carbocycles. The number of primary amides is 1. The van der Waals surface area contributed by atoms with E-state index < -0.39 is 5.91 Å². The first-order valence-corrected chi connectivity index (χ1v) is 9.63. The molecule has 2 aromatic heterocycles. The van der Waals surface area contributed by atoms with Crippen LogP contribution in [0.4, 0.5) is 0 Å². The van der Waals surface area contributed by atoms with Crippen LogP contribution in [0.5, 0.6) is 5.75 Å². The Labute approximate surface area is 169 Å². The molecular formula is C22H25N5O2. The van der Waals surface area contributed by atoms with Gasteiger partial charge in [0.05, 0.1) is 24.7 Å². The molecule has 0 unspecified atom stereocenters. The minimum Gasteiger partial charge on any atom is -0.497 e. The quantitative estimate of drug-likeness (QED) is 0.631. The Hall–Kier alpha value is -3.48. The van der Waals surface area contributed by atoms with E-state index in [1.165, 1.54) is 0 Å². The fraction of sp³-hybridized carbons (Fsp3) is 0.273. The number of allylic oxidation sites excluding steroid dienone is 1. The number of fused-ring (bicyclic) bond motifs is 1. The lowest BCUT2D eigenvalue weighted by Crippen LogP contribution is -2.31. The molecule has 1 aliphatic heterocycles. The number of hydrogen-bond acceptors (Lipinski definition) is 4. The number of nitrogens with one attached hydrogen (secondary N) is 1. The zero-order chi connectivity index (χ0) is 20.5. The number of hydrogen-bond donors (Lipinski definition) is 2. The predicted molar refractivity (Wildman–Crippen MR) is 113 cm³/mol. The average Bonchev–Trinajstić information content (AvgIpc) is 3.32. The van der Waals surface area contributed by atoms with Crippen molar-refractivity contribution in [1.82, 2.24) is 19.5 Å². The molecule has 0 radical (unpaired) electrons. The third kappa shape index (κ3) is 3.29. The summed E-state index contributed by atoms with van der Waals surface area (Å²) in [4.78, 5) is 19.0. The van der Waals surface area contributed by atoms with Gasteiger partial charge in [-0.25, -0.2) is 9.50 Å². The first kappa shape index (κ1) is 18.9. The van der Waals surface area contributed by atoms with Crippen LogP contribution in [0.3, 0.4) is 0 Å². The van der Waals surface area contributed by atoms with E-state index in [4.69, 9.17) is 10.5 Å². The summed E-state index contributed by atoms with van der Waals surface area (Å²) in [6, 6.07) is 7.50. The number of aromatic amines is 1. The van der Waals surface area contributed by atoms with E-state index in [0.29, 0.717) is 22.8 Å². The molecule has 1 saturated heterocycles. The van der Waals surface area contributed by atoms with Gasteiger partial charge in [-0.1, -0.05) is 13.2 Å². The molecule has 3 aromatic rings. The third-order valence-corrected chi connectivity index (χ3v) is 5.67. The molecule has 29 heavy (non-hydrogen) atoms. The van der Waals surface area contributed by atoms with Crippen LogP contribution in [0.15, 0.2) is 55.4 Å². The summed E-state index contributed by atoms with van der Waals surface area (Å²) in [5.74, 6) is 0.581. The highest BCUT2D eigenvalue weighted by molar-refractivity contribution is 6.04. The second-order valence-corrected chi connectivity index (χ2v) is 7.25. The van der Waals surface area contributed by atoms with Crippen LogP contribution in [0.2, 0.25) is 0 Å². The van der Waals surface area contributed by atoms with E-state index in [0.717, 1.165) is 48.6 Å². The number of H-pyrrole nitrogens is 1. The maximum atomic E-state index is 12.2. The van der Waals surface area contributed by atoms with Gasteiger partial charge in [0, 0.05) is 30.3 Å². The number of rotatable bonds is 6. The number of imidazole rings is 1. The Morgan fingerprint density at radius 1 is 1.31 bits per heavy atom. The van der Waals surface area contributed by atoms with Gasteiger partial charge in [-0.2, -0.15) is 0 Å². The highest BCUT2D eigenvalue weighted by Gasteiger charge is 2.27. The van der Waals surface area contributed by atoms with Crippen LogP contribution in [0.25, 0.3) is 16.9 Å². The van der Waals surface area contributed by atoms with Gasteiger partial charge in [-0.15, -0.1) is 0 Å². The Balaban J connectivity index is 1.70. The summed E-state index contributed by atoms with van der Waals surface area (Å²) < 4.78 is 7.13. The van der Waals surface area contributed by atoms with Gasteiger partial charge in [-0.05, 0) is 43.2 Å². The second kappa shape index (κ2) is 7.50. The SMILES string of the molecule is C=CC(=C)N1CCC(c2cnc3c(C(N)=O)c(-c4ccc(OC)cc4)[nH]n23)CC1. The van der Waals surface area contributed by atoms with E-state index in [1.54, 1.807) is 13.2 Å². The molecule has 0 aliphatic carbocycles. The molecule has 0 bridgehead atoms. The molecule has 150 valence electrons. The van der Waals surface area contributed by atoms with Crippen molar-refractivity contribution in [3.8, 4) is 17.0 Å². The van der Waals surface area contributed by atoms with Gasteiger partial charge in [0.15, 0.2) is 5.65 Å². The fourth-order valence-corrected chi connectivity index (χ4v) is 4.02. The van der Waals surface area contributed by atoms with E-state index in [-0.39, 0.29) is 0 Å². The Morgan fingerprint density at radius 2 is 2.00 bits per heavy atom. The highest BCUT2D eigenvalue weighted by atomic mass is 16.5. The van der Waals surface area contributed by atoms with Gasteiger partial charge in [0.2, 0.25) is 0 Å². The minimum absolute atomic E-state index is 0.335. The van der Waals surface area contributed by atoms with Crippen molar-refractivity contribution in [1.29, 1.82) is 0 Å². The lowest BCUT2D eigenvalue weighted by molar-refractivity contribution is 0.100. The van der Waals surface area contributed by atoms with Crippen LogP contribution in [0, 0.1) is 0 Å². The summed E-state index contributed by atoms with van der Waals surface area (Å²) in [6.07, 6.45) is 5.59. The number of benzene rings is 1. The van der Waals surface area contributed by atoms with Crippen molar-refractivity contribution in [2.45, 2.75) is 18.8 Å². The van der Waals surface area contributed by atoms with Crippen molar-refractivity contribution in [3.63, 3.8) is 0 Å². The van der Waals surface area contributed by atoms with E-state index >= 15 is 0 Å². The second-order valence-electron chi connectivity index (χ2n) is 7.25. The molecule has 3 heterocycles. The normalized spacial score (nSPS) is 14.9. The summed E-state index contributed by atoms with van der Waals surface area (Å²) >= 11 is 0. The summed E-state index contributed by atoms with van der Waals surface area (Å²) in [5.41, 5.74) is 10.2. The van der Waals surface area contributed by atoms with E-state index in [1.807, 2.05) is 35.0 Å². The number of nitrogens with zero attached hydrogens (tertiary/aromatic N) is 3. The first-order valence-electron chi connectivity index (χ1n) is 9.63. The number of methoxy groups -OCH3 is 1. The third-order valence-electron chi connectivity index (χ3n) is 5.67. The predicted octanol–water partition coefficient (Wildman–Crippen LogP) is 3.32. The number of aromatic nitrogens is 3. The van der Waals surface area contributed by atoms with Crippen molar-refractivity contribution < 1.29 is 9.53 Å². The van der Waals surface area contributed by atoms with Gasteiger partial charge in [-0.3, -0.25) is 9.89 Å². The monoisotopic (exact) mass is 391 g/mol. The number of amides is 1. The lowest BCUT2D eigenvalue weighted by Gasteiger charge is -2.33. The zero-order valence-corrected chi connectivity index (χ0v) is 16.5. The number of likely N-dealkylation sites (tertiary alicyclic amines) is 1. The van der Waals surface area contributed by atoms with Gasteiger partial charge in [0.1, 0.15) is 11.3 Å². The largest absolute Gasteiger partial charge is 0.497 e. The smallest absolute Gasteiger partial charge is 0.254 e. The van der Waals surface area contributed by atoms with Crippen molar-refractivity contribution >= 4 is 11.6 Å². The fourth-order valence-electron chi connectivity index (χ4n) is 4.02. The molecule has 0 atom stereocenters. The van der Waals surface area contributed by atoms with Gasteiger partial charge >= 0.3 is 0 Å². The summed E-state index contributed by atoms with van der Waals surface area (Å²) in [6.45, 7) is 9.67. The lowest BCUT2D eigenvalue weighted by atomic mass is 9.94. The molecule has 1 fully saturated rings. The zero-order valence-electron chi connectivity index (χ0n) is 16.5. The molecule has 4 rings (SSSR count). The van der Waals surface area contributed by atoms with Crippen LogP contribution in [-0.4, -0.2) is 45.6 Å². The highest BCUT2D eigenvalue weighted by Crippen LogP contribution is 2.33. The van der Waals surface area contributed by atoms with Crippen molar-refractivity contribution in [2.24, 2.45) is 5.73 Å². The Kier molecular flexibility index (Phi) is 4.88. The number of piperidine rings is 1. The molecule has 7 nitrogen and oxygen atoms in total. The molecule has 1 aliphatic rings.